The number of benzene rings is 2. The standard InChI is InChI=1S/C16H13N3/c1-2-6-13(7-3-1)12-19-15-9-5-4-8-14(15)18-11-10-17-16(18)19/h1-11H,12H2. The molecule has 0 aliphatic rings. The molecule has 0 bridgehead atoms. The van der Waals surface area contributed by atoms with Gasteiger partial charge in [0.05, 0.1) is 17.6 Å². The summed E-state index contributed by atoms with van der Waals surface area (Å²) in [7, 11) is 0. The van der Waals surface area contributed by atoms with E-state index in [0.29, 0.717) is 0 Å². The lowest BCUT2D eigenvalue weighted by atomic mass is 10.2. The lowest BCUT2D eigenvalue weighted by Crippen LogP contribution is -1.99. The van der Waals surface area contributed by atoms with Crippen LogP contribution in [0.25, 0.3) is 16.8 Å². The number of hydrogen-bond donors (Lipinski definition) is 0. The molecule has 0 unspecified atom stereocenters. The first kappa shape index (κ1) is 10.4. The van der Waals surface area contributed by atoms with Gasteiger partial charge in [0.15, 0.2) is 0 Å². The fourth-order valence-electron chi connectivity index (χ4n) is 2.61. The van der Waals surface area contributed by atoms with E-state index in [9.17, 15) is 0 Å². The first-order valence-corrected chi connectivity index (χ1v) is 6.38. The molecule has 0 saturated heterocycles. The molecule has 0 amide bonds. The Balaban J connectivity index is 1.98. The molecule has 4 rings (SSSR count). The lowest BCUT2D eigenvalue weighted by molar-refractivity contribution is 0.845. The normalized spacial score (nSPS) is 11.4. The largest absolute Gasteiger partial charge is 0.305 e. The van der Waals surface area contributed by atoms with Crippen LogP contribution in [0.15, 0.2) is 67.0 Å². The molecule has 0 radical (unpaired) electrons. The molecule has 2 aromatic carbocycles. The second-order valence-electron chi connectivity index (χ2n) is 4.66. The Bertz CT molecular complexity index is 840. The first-order valence-electron chi connectivity index (χ1n) is 6.38. The van der Waals surface area contributed by atoms with Crippen molar-refractivity contribution in [3.8, 4) is 0 Å². The predicted octanol–water partition coefficient (Wildman–Crippen LogP) is 3.34. The van der Waals surface area contributed by atoms with Crippen LogP contribution in [0.3, 0.4) is 0 Å². The van der Waals surface area contributed by atoms with Crippen LogP contribution < -0.4 is 0 Å². The minimum absolute atomic E-state index is 0.842. The van der Waals surface area contributed by atoms with Gasteiger partial charge in [-0.25, -0.2) is 4.98 Å². The molecule has 4 aromatic rings. The van der Waals surface area contributed by atoms with Crippen LogP contribution in [0.1, 0.15) is 5.56 Å². The van der Waals surface area contributed by atoms with Gasteiger partial charge < -0.3 is 4.57 Å². The summed E-state index contributed by atoms with van der Waals surface area (Å²) in [4.78, 5) is 4.48. The Morgan fingerprint density at radius 2 is 1.58 bits per heavy atom. The average molecular weight is 247 g/mol. The van der Waals surface area contributed by atoms with Gasteiger partial charge >= 0.3 is 0 Å². The van der Waals surface area contributed by atoms with Crippen LogP contribution in [0.4, 0.5) is 0 Å². The number of nitrogens with zero attached hydrogens (tertiary/aromatic N) is 3. The average Bonchev–Trinajstić information content (AvgIpc) is 3.04. The van der Waals surface area contributed by atoms with E-state index in [1.54, 1.807) is 0 Å². The summed E-state index contributed by atoms with van der Waals surface area (Å²) >= 11 is 0. The number of hydrogen-bond acceptors (Lipinski definition) is 1. The van der Waals surface area contributed by atoms with Crippen LogP contribution in [0.5, 0.6) is 0 Å². The van der Waals surface area contributed by atoms with Gasteiger partial charge in [-0.1, -0.05) is 42.5 Å². The van der Waals surface area contributed by atoms with Gasteiger partial charge in [0.1, 0.15) is 0 Å². The smallest absolute Gasteiger partial charge is 0.215 e. The maximum atomic E-state index is 4.48. The molecule has 0 aliphatic heterocycles. The third kappa shape index (κ3) is 1.55. The van der Waals surface area contributed by atoms with E-state index in [1.807, 2.05) is 18.5 Å². The molecule has 3 nitrogen and oxygen atoms in total. The van der Waals surface area contributed by atoms with E-state index < -0.39 is 0 Å². The molecule has 0 aliphatic carbocycles. The molecule has 0 spiro atoms. The summed E-state index contributed by atoms with van der Waals surface area (Å²) in [5.74, 6) is 0.991. The summed E-state index contributed by atoms with van der Waals surface area (Å²) in [6.45, 7) is 0.842. The maximum Gasteiger partial charge on any atom is 0.215 e. The second-order valence-corrected chi connectivity index (χ2v) is 4.66. The number of aromatic nitrogens is 3. The van der Waals surface area contributed by atoms with E-state index in [-0.39, 0.29) is 0 Å². The zero-order valence-electron chi connectivity index (χ0n) is 10.4. The topological polar surface area (TPSA) is 22.2 Å². The van der Waals surface area contributed by atoms with E-state index in [4.69, 9.17) is 0 Å². The van der Waals surface area contributed by atoms with Crippen molar-refractivity contribution in [1.29, 1.82) is 0 Å². The second kappa shape index (κ2) is 3.99. The minimum atomic E-state index is 0.842. The minimum Gasteiger partial charge on any atom is -0.305 e. The molecule has 19 heavy (non-hydrogen) atoms. The Labute approximate surface area is 110 Å². The predicted molar refractivity (Wildman–Crippen MR) is 76.2 cm³/mol. The van der Waals surface area contributed by atoms with Gasteiger partial charge in [0, 0.05) is 12.4 Å². The summed E-state index contributed by atoms with van der Waals surface area (Å²) in [5, 5.41) is 0. The molecule has 3 heteroatoms. The Kier molecular flexibility index (Phi) is 2.18. The zero-order chi connectivity index (χ0) is 12.7. The quantitative estimate of drug-likeness (QED) is 0.532. The maximum absolute atomic E-state index is 4.48. The number of rotatable bonds is 2. The Morgan fingerprint density at radius 3 is 2.42 bits per heavy atom. The summed E-state index contributed by atoms with van der Waals surface area (Å²) < 4.78 is 4.39. The Morgan fingerprint density at radius 1 is 0.842 bits per heavy atom. The Hall–Kier alpha value is -2.55. The molecule has 0 fully saturated rings. The SMILES string of the molecule is c1ccc(Cn2c3ccccc3n3ccnc23)cc1. The number of fused-ring (bicyclic) bond motifs is 3. The number of para-hydroxylation sites is 2. The molecular formula is C16H13N3. The highest BCUT2D eigenvalue weighted by atomic mass is 15.2. The van der Waals surface area contributed by atoms with Gasteiger partial charge in [-0.05, 0) is 17.7 Å². The van der Waals surface area contributed by atoms with Crippen LogP contribution in [-0.2, 0) is 6.54 Å². The lowest BCUT2D eigenvalue weighted by Gasteiger charge is -2.04. The van der Waals surface area contributed by atoms with Crippen molar-refractivity contribution in [3.63, 3.8) is 0 Å². The molecule has 0 saturated carbocycles. The fraction of sp³-hybridized carbons (Fsp3) is 0.0625. The van der Waals surface area contributed by atoms with Gasteiger partial charge in [0.25, 0.3) is 0 Å². The van der Waals surface area contributed by atoms with Crippen LogP contribution >= 0.6 is 0 Å². The molecule has 2 heterocycles. The van der Waals surface area contributed by atoms with Gasteiger partial charge in [-0.2, -0.15) is 0 Å². The van der Waals surface area contributed by atoms with Crippen molar-refractivity contribution in [1.82, 2.24) is 14.0 Å². The highest BCUT2D eigenvalue weighted by Crippen LogP contribution is 2.21. The van der Waals surface area contributed by atoms with Crippen molar-refractivity contribution in [2.24, 2.45) is 0 Å². The van der Waals surface area contributed by atoms with E-state index in [2.05, 4.69) is 62.5 Å². The van der Waals surface area contributed by atoms with Gasteiger partial charge in [-0.15, -0.1) is 0 Å². The molecular weight excluding hydrogens is 234 g/mol. The molecule has 0 N–H and O–H groups in total. The fourth-order valence-corrected chi connectivity index (χ4v) is 2.61. The van der Waals surface area contributed by atoms with Gasteiger partial charge in [-0.3, -0.25) is 4.40 Å². The zero-order valence-corrected chi connectivity index (χ0v) is 10.4. The van der Waals surface area contributed by atoms with Crippen molar-refractivity contribution < 1.29 is 0 Å². The van der Waals surface area contributed by atoms with Crippen molar-refractivity contribution in [2.45, 2.75) is 6.54 Å². The van der Waals surface area contributed by atoms with Crippen LogP contribution in [0.2, 0.25) is 0 Å². The molecule has 2 aromatic heterocycles. The highest BCUT2D eigenvalue weighted by molar-refractivity contribution is 5.80. The van der Waals surface area contributed by atoms with E-state index in [0.717, 1.165) is 12.3 Å². The molecule has 92 valence electrons. The van der Waals surface area contributed by atoms with Crippen LogP contribution in [-0.4, -0.2) is 14.0 Å². The highest BCUT2D eigenvalue weighted by Gasteiger charge is 2.10. The molecule has 0 atom stereocenters. The van der Waals surface area contributed by atoms with Crippen molar-refractivity contribution in [2.75, 3.05) is 0 Å². The van der Waals surface area contributed by atoms with Crippen LogP contribution in [0, 0.1) is 0 Å². The third-order valence-corrected chi connectivity index (χ3v) is 3.48. The monoisotopic (exact) mass is 247 g/mol. The summed E-state index contributed by atoms with van der Waals surface area (Å²) in [5.41, 5.74) is 3.70. The van der Waals surface area contributed by atoms with Crippen molar-refractivity contribution >= 4 is 16.8 Å². The van der Waals surface area contributed by atoms with Crippen molar-refractivity contribution in [3.05, 3.63) is 72.6 Å². The first-order chi connectivity index (χ1) is 9.43. The van der Waals surface area contributed by atoms with Gasteiger partial charge in [0.2, 0.25) is 5.78 Å². The summed E-state index contributed by atoms with van der Waals surface area (Å²) in [6, 6.07) is 18.9. The van der Waals surface area contributed by atoms with E-state index >= 15 is 0 Å². The number of imidazole rings is 2. The van der Waals surface area contributed by atoms with E-state index in [1.165, 1.54) is 16.6 Å². The third-order valence-electron chi connectivity index (χ3n) is 3.48. The summed E-state index contributed by atoms with van der Waals surface area (Å²) in [6.07, 6.45) is 3.86.